The van der Waals surface area contributed by atoms with Crippen LogP contribution in [-0.4, -0.2) is 27.7 Å². The number of aromatic nitrogens is 2. The van der Waals surface area contributed by atoms with E-state index in [9.17, 15) is 23.2 Å². The molecule has 1 amide bonds. The molecule has 0 aliphatic rings. The minimum Gasteiger partial charge on any atom is -0.480 e. The van der Waals surface area contributed by atoms with Crippen molar-refractivity contribution in [2.24, 2.45) is 5.73 Å². The molecule has 1 unspecified atom stereocenters. The lowest BCUT2D eigenvalue weighted by Gasteiger charge is -2.18. The van der Waals surface area contributed by atoms with E-state index in [1.807, 2.05) is 37.3 Å². The number of halogens is 3. The van der Waals surface area contributed by atoms with Crippen molar-refractivity contribution in [2.45, 2.75) is 39.1 Å². The largest absolute Gasteiger partial charge is 0.480 e. The molecule has 2 aromatic carbocycles. The third kappa shape index (κ3) is 4.71. The Balaban J connectivity index is 1.74. The minimum absolute atomic E-state index is 0.0377. The summed E-state index contributed by atoms with van der Waals surface area (Å²) in [7, 11) is 0. The summed E-state index contributed by atoms with van der Waals surface area (Å²) in [6.45, 7) is 2.82. The molecule has 35 heavy (non-hydrogen) atoms. The summed E-state index contributed by atoms with van der Waals surface area (Å²) in [6.07, 6.45) is -4.33. The summed E-state index contributed by atoms with van der Waals surface area (Å²) < 4.78 is 51.3. The van der Waals surface area contributed by atoms with E-state index in [2.05, 4.69) is 4.98 Å². The Hall–Kier alpha value is -4.26. The molecule has 0 radical (unpaired) electrons. The Morgan fingerprint density at radius 1 is 1.29 bits per heavy atom. The molecule has 0 bridgehead atoms. The molecule has 0 aliphatic carbocycles. The lowest BCUT2D eigenvalue weighted by atomic mass is 10.1. The van der Waals surface area contributed by atoms with Gasteiger partial charge in [0.1, 0.15) is 29.8 Å². The van der Waals surface area contributed by atoms with Gasteiger partial charge in [-0.3, -0.25) is 4.79 Å². The molecule has 1 atom stereocenters. The third-order valence-corrected chi connectivity index (χ3v) is 5.53. The van der Waals surface area contributed by atoms with Crippen molar-refractivity contribution in [3.05, 3.63) is 60.0 Å². The van der Waals surface area contributed by atoms with E-state index in [1.165, 1.54) is 18.2 Å². The quantitative estimate of drug-likeness (QED) is 0.389. The van der Waals surface area contributed by atoms with Crippen LogP contribution in [0.1, 0.15) is 25.2 Å². The van der Waals surface area contributed by atoms with E-state index in [0.717, 1.165) is 23.4 Å². The van der Waals surface area contributed by atoms with Crippen molar-refractivity contribution in [3.63, 3.8) is 0 Å². The zero-order chi connectivity index (χ0) is 25.3. The molecular formula is C25H21F3N4O3. The number of hydrogen-bond donors (Lipinski definition) is 1. The first kappa shape index (κ1) is 23.9. The van der Waals surface area contributed by atoms with Gasteiger partial charge >= 0.3 is 6.18 Å². The molecule has 10 heteroatoms. The third-order valence-electron chi connectivity index (χ3n) is 5.53. The molecule has 2 aromatic heterocycles. The number of amides is 1. The van der Waals surface area contributed by atoms with Crippen molar-refractivity contribution >= 4 is 16.8 Å². The molecule has 0 saturated carbocycles. The van der Waals surface area contributed by atoms with Gasteiger partial charge in [0, 0.05) is 34.6 Å². The van der Waals surface area contributed by atoms with Crippen LogP contribution in [0.3, 0.4) is 0 Å². The maximum absolute atomic E-state index is 12.9. The van der Waals surface area contributed by atoms with Crippen molar-refractivity contribution in [3.8, 4) is 34.5 Å². The van der Waals surface area contributed by atoms with E-state index in [4.69, 9.17) is 14.9 Å². The van der Waals surface area contributed by atoms with Crippen LogP contribution < -0.4 is 10.5 Å². The van der Waals surface area contributed by atoms with Crippen LogP contribution in [-0.2, 0) is 17.8 Å². The number of primary amides is 1. The van der Waals surface area contributed by atoms with Gasteiger partial charge in [0.2, 0.25) is 11.8 Å². The van der Waals surface area contributed by atoms with E-state index >= 15 is 0 Å². The fourth-order valence-electron chi connectivity index (χ4n) is 3.77. The number of oxazole rings is 1. The van der Waals surface area contributed by atoms with Crippen molar-refractivity contribution in [1.29, 1.82) is 5.26 Å². The maximum Gasteiger partial charge on any atom is 0.425 e. The van der Waals surface area contributed by atoms with Gasteiger partial charge in [-0.1, -0.05) is 19.1 Å². The number of rotatable bonds is 7. The van der Waals surface area contributed by atoms with Gasteiger partial charge in [-0.05, 0) is 37.3 Å². The maximum atomic E-state index is 12.9. The monoisotopic (exact) mass is 482 g/mol. The zero-order valence-electron chi connectivity index (χ0n) is 18.9. The smallest absolute Gasteiger partial charge is 0.425 e. The highest BCUT2D eigenvalue weighted by atomic mass is 19.4. The summed E-state index contributed by atoms with van der Waals surface area (Å²) in [6, 6.07) is 13.5. The number of nitriles is 1. The van der Waals surface area contributed by atoms with Crippen LogP contribution in [0.5, 0.6) is 5.75 Å². The normalized spacial score (nSPS) is 12.5. The number of carbonyl (C=O) groups is 1. The molecule has 0 aliphatic heterocycles. The summed E-state index contributed by atoms with van der Waals surface area (Å²) in [4.78, 5) is 16.0. The number of ether oxygens (including phenoxy) is 1. The van der Waals surface area contributed by atoms with E-state index in [1.54, 1.807) is 10.8 Å². The predicted molar refractivity (Wildman–Crippen MR) is 122 cm³/mol. The number of alkyl halides is 3. The molecule has 0 saturated heterocycles. The van der Waals surface area contributed by atoms with Crippen LogP contribution in [0.2, 0.25) is 0 Å². The standard InChI is InChI=1S/C25H21F3N4O3/c1-3-20-23(18-5-4-6-19-17(18)9-10-32(19)13-22(30)33)31-24(35-20)15-7-8-21(16(11-15)12-29)34-14(2)25(26,27)28/h4-11,14H,3,13H2,1-2H3,(H2,30,33). The lowest BCUT2D eigenvalue weighted by molar-refractivity contribution is -0.189. The first-order valence-corrected chi connectivity index (χ1v) is 10.8. The van der Waals surface area contributed by atoms with Crippen LogP contribution >= 0.6 is 0 Å². The molecule has 4 aromatic rings. The summed E-state index contributed by atoms with van der Waals surface area (Å²) in [5, 5.41) is 10.3. The molecule has 2 N–H and O–H groups in total. The van der Waals surface area contributed by atoms with E-state index < -0.39 is 18.2 Å². The van der Waals surface area contributed by atoms with Gasteiger partial charge in [-0.25, -0.2) is 4.98 Å². The molecule has 2 heterocycles. The molecule has 0 fully saturated rings. The summed E-state index contributed by atoms with van der Waals surface area (Å²) in [5.74, 6) is 0.178. The second-order valence-electron chi connectivity index (χ2n) is 7.92. The Morgan fingerprint density at radius 3 is 2.71 bits per heavy atom. The lowest BCUT2D eigenvalue weighted by Crippen LogP contribution is -2.31. The highest BCUT2D eigenvalue weighted by Crippen LogP contribution is 2.36. The van der Waals surface area contributed by atoms with Gasteiger partial charge in [-0.2, -0.15) is 18.4 Å². The number of nitrogens with zero attached hydrogens (tertiary/aromatic N) is 3. The second kappa shape index (κ2) is 9.18. The zero-order valence-corrected chi connectivity index (χ0v) is 18.9. The van der Waals surface area contributed by atoms with Crippen LogP contribution in [0.25, 0.3) is 33.6 Å². The Labute approximate surface area is 198 Å². The van der Waals surface area contributed by atoms with Crippen LogP contribution in [0.4, 0.5) is 13.2 Å². The van der Waals surface area contributed by atoms with Gasteiger partial charge in [0.15, 0.2) is 6.10 Å². The fraction of sp³-hybridized carbons (Fsp3) is 0.240. The predicted octanol–water partition coefficient (Wildman–Crippen LogP) is 5.21. The SMILES string of the molecule is CCc1oc(-c2ccc(OC(C)C(F)(F)F)c(C#N)c2)nc1-c1cccc2c1ccn2CC(N)=O. The molecule has 7 nitrogen and oxygen atoms in total. The first-order valence-electron chi connectivity index (χ1n) is 10.8. The highest BCUT2D eigenvalue weighted by Gasteiger charge is 2.38. The average molecular weight is 482 g/mol. The summed E-state index contributed by atoms with van der Waals surface area (Å²) >= 11 is 0. The van der Waals surface area contributed by atoms with Crippen LogP contribution in [0, 0.1) is 11.3 Å². The topological polar surface area (TPSA) is 107 Å². The fourth-order valence-corrected chi connectivity index (χ4v) is 3.77. The van der Waals surface area contributed by atoms with E-state index in [0.29, 0.717) is 23.4 Å². The van der Waals surface area contributed by atoms with Crippen molar-refractivity contribution in [1.82, 2.24) is 9.55 Å². The van der Waals surface area contributed by atoms with Gasteiger partial charge < -0.3 is 19.5 Å². The summed E-state index contributed by atoms with van der Waals surface area (Å²) in [5.41, 5.74) is 7.89. The Morgan fingerprint density at radius 2 is 2.06 bits per heavy atom. The molecule has 0 spiro atoms. The van der Waals surface area contributed by atoms with Gasteiger partial charge in [0.25, 0.3) is 0 Å². The second-order valence-corrected chi connectivity index (χ2v) is 7.92. The average Bonchev–Trinajstić information content (AvgIpc) is 3.42. The minimum atomic E-state index is -4.56. The molecule has 180 valence electrons. The number of fused-ring (bicyclic) bond motifs is 1. The number of nitrogens with two attached hydrogens (primary N) is 1. The number of benzene rings is 2. The highest BCUT2D eigenvalue weighted by molar-refractivity contribution is 5.96. The van der Waals surface area contributed by atoms with Crippen molar-refractivity contribution in [2.75, 3.05) is 0 Å². The number of hydrogen-bond acceptors (Lipinski definition) is 5. The Kier molecular flexibility index (Phi) is 6.26. The van der Waals surface area contributed by atoms with Gasteiger partial charge in [0.05, 0.1) is 5.56 Å². The molecular weight excluding hydrogens is 461 g/mol. The number of carbonyl (C=O) groups excluding carboxylic acids is 1. The number of aryl methyl sites for hydroxylation is 1. The molecule has 4 rings (SSSR count). The Bertz CT molecular complexity index is 1450. The van der Waals surface area contributed by atoms with Crippen molar-refractivity contribution < 1.29 is 27.1 Å². The first-order chi connectivity index (χ1) is 16.6. The van der Waals surface area contributed by atoms with E-state index in [-0.39, 0.29) is 23.7 Å². The van der Waals surface area contributed by atoms with Crippen LogP contribution in [0.15, 0.2) is 53.1 Å². The van der Waals surface area contributed by atoms with Gasteiger partial charge in [-0.15, -0.1) is 0 Å².